The number of rotatable bonds is 6. The fourth-order valence-corrected chi connectivity index (χ4v) is 3.83. The van der Waals surface area contributed by atoms with E-state index in [0.717, 1.165) is 24.1 Å². The van der Waals surface area contributed by atoms with Gasteiger partial charge in [0.2, 0.25) is 0 Å². The minimum atomic E-state index is -0.594. The smallest absolute Gasteiger partial charge is 0.338 e. The molecule has 0 aromatic heterocycles. The maximum absolute atomic E-state index is 12.6. The number of hydrogen-bond acceptors (Lipinski definition) is 5. The molecule has 28 heavy (non-hydrogen) atoms. The number of amides is 1. The number of anilines is 1. The topological polar surface area (TPSA) is 65.1 Å². The molecular formula is C21H22BrNO5. The number of halogens is 1. The molecule has 1 amide bonds. The van der Waals surface area contributed by atoms with Crippen molar-refractivity contribution in [3.8, 4) is 11.5 Å². The molecule has 6 nitrogen and oxygen atoms in total. The molecule has 2 aromatic carbocycles. The van der Waals surface area contributed by atoms with E-state index in [9.17, 15) is 9.59 Å². The number of methoxy groups -OCH3 is 1. The van der Waals surface area contributed by atoms with Crippen LogP contribution in [0.25, 0.3) is 0 Å². The molecule has 0 fully saturated rings. The summed E-state index contributed by atoms with van der Waals surface area (Å²) in [6, 6.07) is 10.9. The molecule has 0 saturated carbocycles. The largest absolute Gasteiger partial charge is 0.492 e. The van der Waals surface area contributed by atoms with Gasteiger partial charge in [-0.15, -0.1) is 0 Å². The van der Waals surface area contributed by atoms with Crippen molar-refractivity contribution in [3.63, 3.8) is 0 Å². The van der Waals surface area contributed by atoms with Gasteiger partial charge in [0.1, 0.15) is 0 Å². The number of carbonyl (C=O) groups excluding carboxylic acids is 2. The average Bonchev–Trinajstić information content (AvgIpc) is 2.71. The van der Waals surface area contributed by atoms with Gasteiger partial charge in [-0.3, -0.25) is 4.79 Å². The Morgan fingerprint density at radius 1 is 1.21 bits per heavy atom. The summed E-state index contributed by atoms with van der Waals surface area (Å²) in [5.41, 5.74) is 2.30. The second-order valence-electron chi connectivity index (χ2n) is 6.28. The van der Waals surface area contributed by atoms with Crippen molar-refractivity contribution < 1.29 is 23.8 Å². The summed E-state index contributed by atoms with van der Waals surface area (Å²) >= 11 is 3.37. The third-order valence-electron chi connectivity index (χ3n) is 4.49. The van der Waals surface area contributed by atoms with E-state index in [1.807, 2.05) is 31.2 Å². The predicted molar refractivity (Wildman–Crippen MR) is 109 cm³/mol. The van der Waals surface area contributed by atoms with Gasteiger partial charge in [0.25, 0.3) is 5.91 Å². The molecule has 0 aliphatic carbocycles. The highest BCUT2D eigenvalue weighted by atomic mass is 79.9. The Bertz CT molecular complexity index is 883. The predicted octanol–water partition coefficient (Wildman–Crippen LogP) is 3.99. The summed E-state index contributed by atoms with van der Waals surface area (Å²) in [4.78, 5) is 26.8. The number of fused-ring (bicyclic) bond motifs is 1. The van der Waals surface area contributed by atoms with Crippen molar-refractivity contribution in [3.05, 3.63) is 52.0 Å². The number of hydrogen-bond donors (Lipinski definition) is 0. The first-order chi connectivity index (χ1) is 13.5. The van der Waals surface area contributed by atoms with Crippen LogP contribution in [0.1, 0.15) is 29.3 Å². The molecule has 0 bridgehead atoms. The number of ether oxygens (including phenoxy) is 3. The van der Waals surface area contributed by atoms with Crippen LogP contribution >= 0.6 is 15.9 Å². The van der Waals surface area contributed by atoms with E-state index >= 15 is 0 Å². The third-order valence-corrected chi connectivity index (χ3v) is 5.08. The highest BCUT2D eigenvalue weighted by Crippen LogP contribution is 2.36. The van der Waals surface area contributed by atoms with Gasteiger partial charge in [-0.2, -0.15) is 0 Å². The fourth-order valence-electron chi connectivity index (χ4n) is 3.23. The molecule has 0 spiro atoms. The van der Waals surface area contributed by atoms with E-state index in [0.29, 0.717) is 29.1 Å². The van der Waals surface area contributed by atoms with Gasteiger partial charge < -0.3 is 19.1 Å². The van der Waals surface area contributed by atoms with Crippen molar-refractivity contribution in [2.24, 2.45) is 0 Å². The number of nitrogens with zero attached hydrogens (tertiary/aromatic N) is 1. The van der Waals surface area contributed by atoms with Crippen molar-refractivity contribution in [2.45, 2.75) is 19.8 Å². The summed E-state index contributed by atoms with van der Waals surface area (Å²) in [7, 11) is 1.52. The number of para-hydroxylation sites is 1. The molecule has 3 rings (SSSR count). The lowest BCUT2D eigenvalue weighted by Crippen LogP contribution is -2.38. The normalized spacial score (nSPS) is 12.9. The second-order valence-corrected chi connectivity index (χ2v) is 7.13. The van der Waals surface area contributed by atoms with E-state index in [-0.39, 0.29) is 18.1 Å². The molecule has 0 radical (unpaired) electrons. The minimum absolute atomic E-state index is 0.238. The van der Waals surface area contributed by atoms with Crippen LogP contribution in [-0.4, -0.2) is 38.7 Å². The highest BCUT2D eigenvalue weighted by molar-refractivity contribution is 9.10. The molecule has 2 aromatic rings. The first kappa shape index (κ1) is 20.2. The van der Waals surface area contributed by atoms with Gasteiger partial charge in [-0.25, -0.2) is 4.79 Å². The minimum Gasteiger partial charge on any atom is -0.492 e. The Kier molecular flexibility index (Phi) is 6.57. The van der Waals surface area contributed by atoms with E-state index in [2.05, 4.69) is 15.9 Å². The standard InChI is InChI=1S/C21H22BrNO5/c1-3-27-18-12-15(11-16(22)20(18)26-2)21(25)28-13-19(24)23-10-6-8-14-7-4-5-9-17(14)23/h4-5,7,9,11-12H,3,6,8,10,13H2,1-2H3. The molecule has 1 aliphatic heterocycles. The van der Waals surface area contributed by atoms with Gasteiger partial charge in [0, 0.05) is 12.2 Å². The third kappa shape index (κ3) is 4.30. The summed E-state index contributed by atoms with van der Waals surface area (Å²) in [5, 5.41) is 0. The van der Waals surface area contributed by atoms with E-state index in [4.69, 9.17) is 14.2 Å². The second kappa shape index (κ2) is 9.10. The summed E-state index contributed by atoms with van der Waals surface area (Å²) in [6.07, 6.45) is 1.83. The number of aryl methyl sites for hydroxylation is 1. The van der Waals surface area contributed by atoms with Gasteiger partial charge >= 0.3 is 5.97 Å². The lowest BCUT2D eigenvalue weighted by atomic mass is 10.0. The Balaban J connectivity index is 1.70. The zero-order chi connectivity index (χ0) is 20.1. The maximum Gasteiger partial charge on any atom is 0.338 e. The number of carbonyl (C=O) groups is 2. The van der Waals surface area contributed by atoms with Crippen LogP contribution in [0, 0.1) is 0 Å². The van der Waals surface area contributed by atoms with Crippen LogP contribution in [0.2, 0.25) is 0 Å². The summed E-state index contributed by atoms with van der Waals surface area (Å²) in [5.74, 6) is 0.100. The summed E-state index contributed by atoms with van der Waals surface area (Å²) < 4.78 is 16.7. The first-order valence-electron chi connectivity index (χ1n) is 9.10. The van der Waals surface area contributed by atoms with Crippen LogP contribution in [-0.2, 0) is 16.0 Å². The number of esters is 1. The van der Waals surface area contributed by atoms with Crippen LogP contribution < -0.4 is 14.4 Å². The maximum atomic E-state index is 12.6. The molecule has 1 heterocycles. The molecule has 148 valence electrons. The van der Waals surface area contributed by atoms with Crippen molar-refractivity contribution >= 4 is 33.5 Å². The average molecular weight is 448 g/mol. The van der Waals surface area contributed by atoms with Gasteiger partial charge in [0.15, 0.2) is 18.1 Å². The Morgan fingerprint density at radius 3 is 2.75 bits per heavy atom. The Morgan fingerprint density at radius 2 is 2.00 bits per heavy atom. The van der Waals surface area contributed by atoms with Gasteiger partial charge in [-0.05, 0) is 59.5 Å². The molecule has 0 atom stereocenters. The van der Waals surface area contributed by atoms with Crippen molar-refractivity contribution in [2.75, 3.05) is 31.8 Å². The zero-order valence-electron chi connectivity index (χ0n) is 15.9. The fraction of sp³-hybridized carbons (Fsp3) is 0.333. The molecule has 0 saturated heterocycles. The first-order valence-corrected chi connectivity index (χ1v) is 9.90. The number of benzene rings is 2. The van der Waals surface area contributed by atoms with Gasteiger partial charge in [-0.1, -0.05) is 18.2 Å². The van der Waals surface area contributed by atoms with E-state index in [1.54, 1.807) is 17.0 Å². The Hall–Kier alpha value is -2.54. The van der Waals surface area contributed by atoms with E-state index < -0.39 is 5.97 Å². The van der Waals surface area contributed by atoms with E-state index in [1.165, 1.54) is 7.11 Å². The Labute approximate surface area is 172 Å². The van der Waals surface area contributed by atoms with Crippen molar-refractivity contribution in [1.29, 1.82) is 0 Å². The van der Waals surface area contributed by atoms with Crippen LogP contribution in [0.3, 0.4) is 0 Å². The lowest BCUT2D eigenvalue weighted by Gasteiger charge is -2.29. The lowest BCUT2D eigenvalue weighted by molar-refractivity contribution is -0.121. The monoisotopic (exact) mass is 447 g/mol. The van der Waals surface area contributed by atoms with Crippen LogP contribution in [0.4, 0.5) is 5.69 Å². The molecule has 0 unspecified atom stereocenters. The van der Waals surface area contributed by atoms with Crippen LogP contribution in [0.5, 0.6) is 11.5 Å². The van der Waals surface area contributed by atoms with Crippen LogP contribution in [0.15, 0.2) is 40.9 Å². The van der Waals surface area contributed by atoms with Gasteiger partial charge in [0.05, 0.1) is 23.8 Å². The zero-order valence-corrected chi connectivity index (χ0v) is 17.5. The molecular weight excluding hydrogens is 426 g/mol. The quantitative estimate of drug-likeness (QED) is 0.626. The highest BCUT2D eigenvalue weighted by Gasteiger charge is 2.24. The summed E-state index contributed by atoms with van der Waals surface area (Å²) in [6.45, 7) is 2.57. The molecule has 1 aliphatic rings. The molecule has 0 N–H and O–H groups in total. The van der Waals surface area contributed by atoms with Crippen molar-refractivity contribution in [1.82, 2.24) is 0 Å². The SMILES string of the molecule is CCOc1cc(C(=O)OCC(=O)N2CCCc3ccccc32)cc(Br)c1OC. The molecule has 7 heteroatoms.